The van der Waals surface area contributed by atoms with Crippen LogP contribution in [0.4, 0.5) is 5.69 Å². The second-order valence-corrected chi connectivity index (χ2v) is 12.0. The molecule has 3 aliphatic heterocycles. The van der Waals surface area contributed by atoms with Crippen LogP contribution in [-0.4, -0.2) is 70.8 Å². The smallest absolute Gasteiger partial charge is 0.312 e. The maximum atomic E-state index is 14.6. The molecule has 1 aromatic carbocycles. The number of hydrogen-bond donors (Lipinski definition) is 1. The monoisotopic (exact) mass is 572 g/mol. The Kier molecular flexibility index (Phi) is 9.12. The van der Waals surface area contributed by atoms with Crippen LogP contribution in [0, 0.1) is 17.8 Å². The van der Waals surface area contributed by atoms with E-state index in [0.29, 0.717) is 30.0 Å². The molecule has 40 heavy (non-hydrogen) atoms. The fraction of sp³-hybridized carbons (Fsp3) is 0.581. The Morgan fingerprint density at radius 3 is 2.60 bits per heavy atom. The first kappa shape index (κ1) is 30.3. The Labute approximate surface area is 241 Å². The molecule has 2 amide bonds. The Morgan fingerprint density at radius 1 is 1.25 bits per heavy atom. The van der Waals surface area contributed by atoms with Gasteiger partial charge in [0.25, 0.3) is 5.91 Å². The van der Waals surface area contributed by atoms with Crippen LogP contribution in [0.2, 0.25) is 5.02 Å². The lowest BCUT2D eigenvalue weighted by atomic mass is 9.66. The number of rotatable bonds is 13. The number of para-hydroxylation sites is 1. The molecule has 9 heteroatoms. The van der Waals surface area contributed by atoms with Gasteiger partial charge in [0.2, 0.25) is 5.91 Å². The van der Waals surface area contributed by atoms with Crippen LogP contribution < -0.4 is 4.90 Å². The summed E-state index contributed by atoms with van der Waals surface area (Å²) in [6.45, 7) is 13.2. The number of hydrogen-bond acceptors (Lipinski definition) is 6. The van der Waals surface area contributed by atoms with Crippen LogP contribution in [0.15, 0.2) is 49.6 Å². The first-order valence-electron chi connectivity index (χ1n) is 14.2. The van der Waals surface area contributed by atoms with Gasteiger partial charge in [-0.3, -0.25) is 14.4 Å². The minimum atomic E-state index is -1.24. The van der Waals surface area contributed by atoms with Gasteiger partial charge in [0.1, 0.15) is 17.6 Å². The van der Waals surface area contributed by atoms with Crippen LogP contribution in [0.3, 0.4) is 0 Å². The molecule has 3 saturated heterocycles. The molecule has 1 aromatic rings. The zero-order valence-electron chi connectivity index (χ0n) is 23.7. The number of nitrogens with zero attached hydrogens (tertiary/aromatic N) is 2. The van der Waals surface area contributed by atoms with Crippen molar-refractivity contribution in [1.82, 2.24) is 4.90 Å². The number of ether oxygens (including phenoxy) is 2. The van der Waals surface area contributed by atoms with Gasteiger partial charge in [-0.05, 0) is 57.1 Å². The molecule has 0 saturated carbocycles. The number of aliphatic hydroxyl groups is 1. The first-order chi connectivity index (χ1) is 19.1. The van der Waals surface area contributed by atoms with Gasteiger partial charge in [0, 0.05) is 6.54 Å². The number of likely N-dealkylation sites (tertiary alicyclic amines) is 1. The Hall–Kier alpha value is -2.68. The number of aliphatic hydroxyl groups excluding tert-OH is 1. The molecule has 3 aliphatic rings. The number of esters is 1. The third kappa shape index (κ3) is 4.99. The minimum absolute atomic E-state index is 0.154. The zero-order chi connectivity index (χ0) is 29.2. The molecule has 1 N–H and O–H groups in total. The van der Waals surface area contributed by atoms with Crippen molar-refractivity contribution in [1.29, 1.82) is 0 Å². The average Bonchev–Trinajstić information content (AvgIpc) is 3.48. The van der Waals surface area contributed by atoms with E-state index < -0.39 is 41.1 Å². The van der Waals surface area contributed by atoms with E-state index in [1.54, 1.807) is 30.3 Å². The van der Waals surface area contributed by atoms with Crippen LogP contribution in [-0.2, 0) is 23.9 Å². The largest absolute Gasteiger partial charge is 0.465 e. The number of carbonyl (C=O) groups excluding carboxylic acids is 3. The van der Waals surface area contributed by atoms with Gasteiger partial charge < -0.3 is 24.4 Å². The van der Waals surface area contributed by atoms with E-state index in [1.165, 1.54) is 9.80 Å². The predicted molar refractivity (Wildman–Crippen MR) is 154 cm³/mol. The molecule has 0 aromatic heterocycles. The zero-order valence-corrected chi connectivity index (χ0v) is 24.4. The quantitative estimate of drug-likeness (QED) is 0.212. The maximum Gasteiger partial charge on any atom is 0.312 e. The fourth-order valence-electron chi connectivity index (χ4n) is 6.89. The van der Waals surface area contributed by atoms with Crippen molar-refractivity contribution >= 4 is 35.1 Å². The molecular weight excluding hydrogens is 532 g/mol. The van der Waals surface area contributed by atoms with Gasteiger partial charge in [-0.2, -0.15) is 0 Å². The van der Waals surface area contributed by atoms with Gasteiger partial charge in [-0.15, -0.1) is 13.2 Å². The number of fused-ring (bicyclic) bond motifs is 1. The normalized spacial score (nSPS) is 29.4. The van der Waals surface area contributed by atoms with Crippen LogP contribution in [0.1, 0.15) is 52.9 Å². The summed E-state index contributed by atoms with van der Waals surface area (Å²) in [5.41, 5.74) is -1.69. The molecule has 3 fully saturated rings. The lowest BCUT2D eigenvalue weighted by Gasteiger charge is -2.40. The highest BCUT2D eigenvalue weighted by Crippen LogP contribution is 2.64. The molecule has 1 spiro atoms. The van der Waals surface area contributed by atoms with Crippen LogP contribution in [0.25, 0.3) is 0 Å². The van der Waals surface area contributed by atoms with Gasteiger partial charge >= 0.3 is 5.97 Å². The first-order valence-corrected chi connectivity index (χ1v) is 14.5. The third-order valence-corrected chi connectivity index (χ3v) is 9.10. The number of anilines is 1. The molecule has 0 aliphatic carbocycles. The van der Waals surface area contributed by atoms with E-state index in [4.69, 9.17) is 21.1 Å². The van der Waals surface area contributed by atoms with Crippen molar-refractivity contribution in [2.45, 2.75) is 76.2 Å². The van der Waals surface area contributed by atoms with E-state index >= 15 is 0 Å². The van der Waals surface area contributed by atoms with Crippen molar-refractivity contribution < 1.29 is 29.0 Å². The Balaban J connectivity index is 1.77. The summed E-state index contributed by atoms with van der Waals surface area (Å²) >= 11 is 6.52. The molecule has 0 radical (unpaired) electrons. The predicted octanol–water partition coefficient (Wildman–Crippen LogP) is 4.54. The molecule has 6 atom stereocenters. The molecule has 2 bridgehead atoms. The standard InChI is InChI=1S/C31H41ClN2O6/c1-6-8-9-12-18-39-29(38)25-24-27(36)34(23(19-35)20(3)4)26(31(24)16-15-30(25,5)40-31)28(37)33(17-7-2)22-14-11-10-13-21(22)32/h6-7,10-11,13-14,20,23-26,35H,1-2,8-9,12,15-19H2,3-5H3/t23-,24-,25+,26?,30-,31?/m0/s1. The third-order valence-electron chi connectivity index (χ3n) is 8.78. The lowest BCUT2D eigenvalue weighted by molar-refractivity contribution is -0.161. The summed E-state index contributed by atoms with van der Waals surface area (Å²) < 4.78 is 12.4. The minimum Gasteiger partial charge on any atom is -0.465 e. The van der Waals surface area contributed by atoms with E-state index in [0.717, 1.165) is 12.8 Å². The van der Waals surface area contributed by atoms with E-state index in [9.17, 15) is 19.5 Å². The SMILES string of the molecule is C=CCCCCOC(=O)[C@H]1[C@H]2C(=O)N([C@@H](CO)C(C)C)C(C(=O)N(CC=C)c3ccccc3Cl)C23CC[C@]1(C)O3. The number of amides is 2. The van der Waals surface area contributed by atoms with Crippen molar-refractivity contribution in [2.75, 3.05) is 24.7 Å². The summed E-state index contributed by atoms with van der Waals surface area (Å²) in [4.78, 5) is 45.5. The average molecular weight is 573 g/mol. The number of halogens is 1. The molecule has 8 nitrogen and oxygen atoms in total. The van der Waals surface area contributed by atoms with E-state index in [1.807, 2.05) is 26.8 Å². The van der Waals surface area contributed by atoms with Gasteiger partial charge in [-0.1, -0.05) is 49.7 Å². The molecule has 218 valence electrons. The van der Waals surface area contributed by atoms with E-state index in [2.05, 4.69) is 13.2 Å². The van der Waals surface area contributed by atoms with Crippen molar-refractivity contribution in [3.63, 3.8) is 0 Å². The summed E-state index contributed by atoms with van der Waals surface area (Å²) in [6.07, 6.45) is 6.72. The highest BCUT2D eigenvalue weighted by molar-refractivity contribution is 6.34. The molecular formula is C31H41ClN2O6. The topological polar surface area (TPSA) is 96.4 Å². The lowest BCUT2D eigenvalue weighted by Crippen LogP contribution is -2.60. The summed E-state index contributed by atoms with van der Waals surface area (Å²) in [5.74, 6) is -3.13. The van der Waals surface area contributed by atoms with Gasteiger partial charge in [0.15, 0.2) is 0 Å². The number of unbranched alkanes of at least 4 members (excludes halogenated alkanes) is 2. The number of allylic oxidation sites excluding steroid dienone is 1. The fourth-order valence-corrected chi connectivity index (χ4v) is 7.12. The number of benzene rings is 1. The van der Waals surface area contributed by atoms with Crippen LogP contribution >= 0.6 is 11.6 Å². The van der Waals surface area contributed by atoms with Crippen molar-refractivity contribution in [3.05, 3.63) is 54.6 Å². The van der Waals surface area contributed by atoms with Gasteiger partial charge in [0.05, 0.1) is 41.5 Å². The highest BCUT2D eigenvalue weighted by Gasteiger charge is 2.79. The van der Waals surface area contributed by atoms with Crippen LogP contribution in [0.5, 0.6) is 0 Å². The van der Waals surface area contributed by atoms with Crippen molar-refractivity contribution in [3.8, 4) is 0 Å². The highest BCUT2D eigenvalue weighted by atomic mass is 35.5. The van der Waals surface area contributed by atoms with Crippen molar-refractivity contribution in [2.24, 2.45) is 17.8 Å². The summed E-state index contributed by atoms with van der Waals surface area (Å²) in [6, 6.07) is 5.29. The molecule has 4 rings (SSSR count). The second kappa shape index (κ2) is 12.0. The number of carbonyl (C=O) groups is 3. The Morgan fingerprint density at radius 2 is 1.98 bits per heavy atom. The molecule has 2 unspecified atom stereocenters. The summed E-state index contributed by atoms with van der Waals surface area (Å²) in [5, 5.41) is 10.8. The maximum absolute atomic E-state index is 14.6. The Bertz CT molecular complexity index is 1160. The van der Waals surface area contributed by atoms with Gasteiger partial charge in [-0.25, -0.2) is 0 Å². The summed E-state index contributed by atoms with van der Waals surface area (Å²) in [7, 11) is 0. The second-order valence-electron chi connectivity index (χ2n) is 11.6. The van der Waals surface area contributed by atoms with E-state index in [-0.39, 0.29) is 37.5 Å². The molecule has 3 heterocycles.